The summed E-state index contributed by atoms with van der Waals surface area (Å²) < 4.78 is 0. The van der Waals surface area contributed by atoms with Crippen molar-refractivity contribution >= 4 is 17.8 Å². The molecule has 6 nitrogen and oxygen atoms in total. The zero-order valence-electron chi connectivity index (χ0n) is 17.4. The Morgan fingerprint density at radius 3 is 1.44 bits per heavy atom. The summed E-state index contributed by atoms with van der Waals surface area (Å²) in [4.78, 5) is 38.2. The molecule has 0 unspecified atom stereocenters. The molecule has 0 bridgehead atoms. The number of carbonyl (C=O) groups excluding carboxylic acids is 3. The van der Waals surface area contributed by atoms with Gasteiger partial charge in [0.25, 0.3) is 5.91 Å². The molecular weight excluding hydrogens is 344 g/mol. The molecule has 2 N–H and O–H groups in total. The van der Waals surface area contributed by atoms with Crippen molar-refractivity contribution in [2.24, 2.45) is 0 Å². The predicted molar refractivity (Wildman–Crippen MR) is 108 cm³/mol. The van der Waals surface area contributed by atoms with E-state index in [0.717, 1.165) is 38.6 Å². The number of hydrogen-bond acceptors (Lipinski definition) is 4. The first-order chi connectivity index (χ1) is 13.1. The molecule has 0 aromatic rings. The lowest BCUT2D eigenvalue weighted by Crippen LogP contribution is -2.26. The highest BCUT2D eigenvalue weighted by molar-refractivity contribution is 5.77. The summed E-state index contributed by atoms with van der Waals surface area (Å²) in [6.45, 7) is 4.36. The highest BCUT2D eigenvalue weighted by Gasteiger charge is 2.04. The number of amides is 2. The first-order valence-corrected chi connectivity index (χ1v) is 10.8. The molecule has 0 aliphatic heterocycles. The fraction of sp³-hybridized carbons (Fsp3) is 0.857. The van der Waals surface area contributed by atoms with E-state index in [-0.39, 0.29) is 18.2 Å². The van der Waals surface area contributed by atoms with Crippen LogP contribution in [-0.4, -0.2) is 24.3 Å². The number of hydroxylamine groups is 1. The zero-order chi connectivity index (χ0) is 20.2. The van der Waals surface area contributed by atoms with Gasteiger partial charge in [0.05, 0.1) is 0 Å². The average Bonchev–Trinajstić information content (AvgIpc) is 2.66. The van der Waals surface area contributed by atoms with E-state index in [2.05, 4.69) is 15.6 Å². The fourth-order valence-electron chi connectivity index (χ4n) is 2.86. The number of rotatable bonds is 17. The van der Waals surface area contributed by atoms with Crippen molar-refractivity contribution in [1.29, 1.82) is 0 Å². The largest absolute Gasteiger partial charge is 0.356 e. The third-order valence-corrected chi connectivity index (χ3v) is 4.50. The monoisotopic (exact) mass is 384 g/mol. The topological polar surface area (TPSA) is 84.5 Å². The summed E-state index contributed by atoms with van der Waals surface area (Å²) >= 11 is 0. The van der Waals surface area contributed by atoms with Crippen molar-refractivity contribution in [1.82, 2.24) is 10.8 Å². The van der Waals surface area contributed by atoms with E-state index < -0.39 is 5.97 Å². The van der Waals surface area contributed by atoms with Crippen LogP contribution in [0, 0.1) is 0 Å². The number of nitrogens with one attached hydrogen (secondary N) is 2. The standard InChI is InChI=1S/C21H40N2O4/c1-3-21(26)27-23-20(25)18-16-14-12-10-8-6-5-7-9-11-13-15-17-19(24)22-4-2/h3-18H2,1-2H3,(H,22,24)(H,23,25). The van der Waals surface area contributed by atoms with Crippen molar-refractivity contribution < 1.29 is 19.2 Å². The molecule has 158 valence electrons. The molecule has 0 fully saturated rings. The van der Waals surface area contributed by atoms with Crippen LogP contribution >= 0.6 is 0 Å². The van der Waals surface area contributed by atoms with E-state index >= 15 is 0 Å². The summed E-state index contributed by atoms with van der Waals surface area (Å²) in [5, 5.41) is 2.83. The van der Waals surface area contributed by atoms with E-state index in [1.165, 1.54) is 44.9 Å². The molecule has 0 aromatic heterocycles. The number of unbranched alkanes of at least 4 members (excludes halogenated alkanes) is 11. The van der Waals surface area contributed by atoms with Crippen LogP contribution in [0.2, 0.25) is 0 Å². The van der Waals surface area contributed by atoms with Gasteiger partial charge in [-0.2, -0.15) is 5.48 Å². The molecule has 2 amide bonds. The molecule has 0 saturated carbocycles. The second kappa shape index (κ2) is 19.2. The van der Waals surface area contributed by atoms with Gasteiger partial charge < -0.3 is 10.2 Å². The molecule has 6 heteroatoms. The second-order valence-corrected chi connectivity index (χ2v) is 7.05. The predicted octanol–water partition coefficient (Wildman–Crippen LogP) is 4.57. The Labute approximate surface area is 165 Å². The lowest BCUT2D eigenvalue weighted by molar-refractivity contribution is -0.158. The van der Waals surface area contributed by atoms with Gasteiger partial charge in [-0.25, -0.2) is 4.79 Å². The molecular formula is C21H40N2O4. The third kappa shape index (κ3) is 19.0. The normalized spacial score (nSPS) is 10.4. The molecule has 0 atom stereocenters. The molecule has 0 radical (unpaired) electrons. The van der Waals surface area contributed by atoms with E-state index in [1.807, 2.05) is 6.92 Å². The molecule has 0 saturated heterocycles. The molecule has 0 heterocycles. The van der Waals surface area contributed by atoms with Crippen LogP contribution in [0.25, 0.3) is 0 Å². The van der Waals surface area contributed by atoms with Crippen LogP contribution in [0.4, 0.5) is 0 Å². The van der Waals surface area contributed by atoms with Gasteiger partial charge in [0.1, 0.15) is 0 Å². The van der Waals surface area contributed by atoms with Gasteiger partial charge in [-0.3, -0.25) is 9.59 Å². The highest BCUT2D eigenvalue weighted by atomic mass is 16.7. The van der Waals surface area contributed by atoms with Crippen molar-refractivity contribution in [2.75, 3.05) is 6.54 Å². The molecule has 0 aliphatic carbocycles. The molecule has 0 aromatic carbocycles. The van der Waals surface area contributed by atoms with Gasteiger partial charge >= 0.3 is 5.97 Å². The van der Waals surface area contributed by atoms with Gasteiger partial charge in [-0.05, 0) is 19.8 Å². The summed E-state index contributed by atoms with van der Waals surface area (Å²) in [7, 11) is 0. The fourth-order valence-corrected chi connectivity index (χ4v) is 2.86. The van der Waals surface area contributed by atoms with Crippen molar-refractivity contribution in [3.63, 3.8) is 0 Å². The Kier molecular flexibility index (Phi) is 18.0. The zero-order valence-corrected chi connectivity index (χ0v) is 17.4. The second-order valence-electron chi connectivity index (χ2n) is 7.05. The van der Waals surface area contributed by atoms with Crippen molar-refractivity contribution in [3.8, 4) is 0 Å². The minimum Gasteiger partial charge on any atom is -0.356 e. The van der Waals surface area contributed by atoms with Crippen LogP contribution < -0.4 is 10.8 Å². The lowest BCUT2D eigenvalue weighted by Gasteiger charge is -2.05. The number of hydrogen-bond donors (Lipinski definition) is 2. The van der Waals surface area contributed by atoms with Crippen LogP contribution in [0.15, 0.2) is 0 Å². The maximum absolute atomic E-state index is 11.4. The quantitative estimate of drug-likeness (QED) is 0.284. The minimum absolute atomic E-state index is 0.179. The van der Waals surface area contributed by atoms with E-state index in [9.17, 15) is 14.4 Å². The Hall–Kier alpha value is -1.59. The smallest absolute Gasteiger partial charge is 0.331 e. The average molecular weight is 385 g/mol. The SMILES string of the molecule is CCNC(=O)CCCCCCCCCCCCCCC(=O)NOC(=O)CC. The van der Waals surface area contributed by atoms with Crippen molar-refractivity contribution in [3.05, 3.63) is 0 Å². The molecule has 0 aliphatic rings. The van der Waals surface area contributed by atoms with E-state index in [1.54, 1.807) is 6.92 Å². The molecule has 0 rings (SSSR count). The van der Waals surface area contributed by atoms with Crippen LogP contribution in [0.3, 0.4) is 0 Å². The van der Waals surface area contributed by atoms with E-state index in [4.69, 9.17) is 0 Å². The molecule has 0 spiro atoms. The van der Waals surface area contributed by atoms with E-state index in [0.29, 0.717) is 12.8 Å². The van der Waals surface area contributed by atoms with Gasteiger partial charge in [0.15, 0.2) is 0 Å². The maximum Gasteiger partial charge on any atom is 0.331 e. The van der Waals surface area contributed by atoms with Crippen molar-refractivity contribution in [2.45, 2.75) is 110 Å². The summed E-state index contributed by atoms with van der Waals surface area (Å²) in [5.41, 5.74) is 2.18. The van der Waals surface area contributed by atoms with Crippen LogP contribution in [0.5, 0.6) is 0 Å². The first kappa shape index (κ1) is 25.4. The van der Waals surface area contributed by atoms with Gasteiger partial charge in [-0.1, -0.05) is 71.1 Å². The molecule has 27 heavy (non-hydrogen) atoms. The summed E-state index contributed by atoms with van der Waals surface area (Å²) in [6, 6.07) is 0. The van der Waals surface area contributed by atoms with Crippen LogP contribution in [0.1, 0.15) is 110 Å². The lowest BCUT2D eigenvalue weighted by atomic mass is 10.0. The van der Waals surface area contributed by atoms with Gasteiger partial charge in [0, 0.05) is 25.8 Å². The van der Waals surface area contributed by atoms with Gasteiger partial charge in [-0.15, -0.1) is 0 Å². The Morgan fingerprint density at radius 1 is 0.630 bits per heavy atom. The highest BCUT2D eigenvalue weighted by Crippen LogP contribution is 2.13. The summed E-state index contributed by atoms with van der Waals surface area (Å²) in [5.74, 6) is -0.455. The Balaban J connectivity index is 3.20. The third-order valence-electron chi connectivity index (χ3n) is 4.50. The maximum atomic E-state index is 11.4. The minimum atomic E-state index is -0.414. The Bertz CT molecular complexity index is 400. The first-order valence-electron chi connectivity index (χ1n) is 10.8. The number of carbonyl (C=O) groups is 3. The summed E-state index contributed by atoms with van der Waals surface area (Å²) in [6.07, 6.45) is 15.4. The van der Waals surface area contributed by atoms with Crippen LogP contribution in [-0.2, 0) is 19.2 Å². The Morgan fingerprint density at radius 2 is 1.04 bits per heavy atom. The van der Waals surface area contributed by atoms with Gasteiger partial charge in [0.2, 0.25) is 5.91 Å².